The van der Waals surface area contributed by atoms with Crippen LogP contribution in [0.1, 0.15) is 0 Å². The van der Waals surface area contributed by atoms with Crippen molar-refractivity contribution in [2.45, 2.75) is 0 Å². The van der Waals surface area contributed by atoms with Gasteiger partial charge in [-0.25, -0.2) is 0 Å². The molecule has 0 aliphatic rings. The van der Waals surface area contributed by atoms with Crippen molar-refractivity contribution in [3.63, 3.8) is 0 Å². The van der Waals surface area contributed by atoms with E-state index in [9.17, 15) is 9.90 Å². The molecule has 5 heteroatoms. The van der Waals surface area contributed by atoms with Gasteiger partial charge < -0.3 is 14.1 Å². The van der Waals surface area contributed by atoms with E-state index in [0.717, 1.165) is 12.0 Å². The average molecular weight is 146 g/mol. The average Bonchev–Trinajstić information content (AvgIpc) is 1.35. The van der Waals surface area contributed by atoms with Crippen LogP contribution in [0.5, 0.6) is 0 Å². The summed E-state index contributed by atoms with van der Waals surface area (Å²) in [4.78, 5) is 9.25. The first kappa shape index (κ1) is 11.1. The van der Waals surface area contributed by atoms with E-state index in [4.69, 9.17) is 0 Å². The fraction of sp³-hybridized carbons (Fsp3) is 0.500. The Balaban J connectivity index is 0. The molecule has 7 heavy (non-hydrogen) atoms. The van der Waals surface area contributed by atoms with Crippen LogP contribution in [-0.2, 0) is 4.18 Å². The van der Waals surface area contributed by atoms with Gasteiger partial charge in [0.15, 0.2) is 0 Å². The minimum atomic E-state index is -1.50. The molecule has 0 rings (SSSR count). The van der Waals surface area contributed by atoms with Crippen molar-refractivity contribution in [3.8, 4) is 0 Å². The van der Waals surface area contributed by atoms with Gasteiger partial charge in [0, 0.05) is 6.26 Å². The summed E-state index contributed by atoms with van der Waals surface area (Å²) in [5.74, 6) is 0. The molecule has 0 saturated heterocycles. The molecule has 0 saturated carbocycles. The number of carboxylic acid groups (broad SMARTS) is 1. The van der Waals surface area contributed by atoms with Crippen LogP contribution >= 0.6 is 12.0 Å². The Labute approximate surface area is 88.4 Å². The first-order valence-corrected chi connectivity index (χ1v) is 2.34. The normalized spacial score (nSPS) is 6.43. The summed E-state index contributed by atoms with van der Waals surface area (Å²) < 4.78 is 3.76. The molecule has 0 aromatic rings. The molecule has 0 aromatic heterocycles. The maximum atomic E-state index is 9.25. The molecule has 0 amide bonds. The summed E-state index contributed by atoms with van der Waals surface area (Å²) in [5.41, 5.74) is 0. The predicted molar refractivity (Wildman–Crippen MR) is 20.0 cm³/mol. The van der Waals surface area contributed by atoms with Crippen LogP contribution in [0.4, 0.5) is 4.79 Å². The van der Waals surface area contributed by atoms with Crippen LogP contribution in [0.3, 0.4) is 0 Å². The van der Waals surface area contributed by atoms with E-state index in [1.165, 1.54) is 6.26 Å². The third kappa shape index (κ3) is 11.1. The van der Waals surface area contributed by atoms with E-state index < -0.39 is 6.16 Å². The molecule has 0 bridgehead atoms. The van der Waals surface area contributed by atoms with Gasteiger partial charge >= 0.3 is 51.4 Å². The van der Waals surface area contributed by atoms with E-state index in [2.05, 4.69) is 4.18 Å². The Morgan fingerprint density at radius 3 is 2.29 bits per heavy atom. The van der Waals surface area contributed by atoms with Crippen molar-refractivity contribution in [3.05, 3.63) is 0 Å². The van der Waals surface area contributed by atoms with E-state index in [-0.39, 0.29) is 51.4 Å². The molecule has 0 aliphatic heterocycles. The molecule has 0 spiro atoms. The zero-order valence-electron chi connectivity index (χ0n) is 4.13. The van der Waals surface area contributed by atoms with Crippen molar-refractivity contribution in [2.75, 3.05) is 6.26 Å². The summed E-state index contributed by atoms with van der Waals surface area (Å²) in [5, 5.41) is 9.25. The van der Waals surface area contributed by atoms with Gasteiger partial charge in [-0.2, -0.15) is 0 Å². The van der Waals surface area contributed by atoms with E-state index in [1.807, 2.05) is 0 Å². The summed E-state index contributed by atoms with van der Waals surface area (Å²) in [7, 11) is 0. The number of carbonyl (C=O) groups excluding carboxylic acids is 1. The zero-order valence-corrected chi connectivity index (χ0v) is 8.07. The van der Waals surface area contributed by atoms with E-state index in [1.54, 1.807) is 0 Å². The second kappa shape index (κ2) is 7.26. The fourth-order valence-electron chi connectivity index (χ4n) is 0.0680. The van der Waals surface area contributed by atoms with Gasteiger partial charge in [0.25, 0.3) is 6.16 Å². The molecule has 3 nitrogen and oxygen atoms in total. The third-order valence-electron chi connectivity index (χ3n) is 0.151. The molecule has 0 N–H and O–H groups in total. The van der Waals surface area contributed by atoms with Crippen LogP contribution in [0.2, 0.25) is 0 Å². The SMILES string of the molecule is CSOC(=O)[O-].[K+]. The van der Waals surface area contributed by atoms with Gasteiger partial charge in [-0.1, -0.05) is 0 Å². The molecule has 36 valence electrons. The second-order valence-corrected chi connectivity index (χ2v) is 1.00. The smallest absolute Gasteiger partial charge is 0.483 e. The Hall–Kier alpha value is 1.26. The Bertz CT molecular complexity index is 56.9. The quantitative estimate of drug-likeness (QED) is 0.286. The topological polar surface area (TPSA) is 49.4 Å². The maximum Gasteiger partial charge on any atom is 1.00 e. The minimum absolute atomic E-state index is 0. The summed E-state index contributed by atoms with van der Waals surface area (Å²) in [6.45, 7) is 0. The summed E-state index contributed by atoms with van der Waals surface area (Å²) >= 11 is 0.748. The van der Waals surface area contributed by atoms with Crippen LogP contribution in [-0.4, -0.2) is 12.4 Å². The minimum Gasteiger partial charge on any atom is -0.483 e. The van der Waals surface area contributed by atoms with Gasteiger partial charge in [0.1, 0.15) is 0 Å². The Kier molecular flexibility index (Phi) is 11.5. The first-order chi connectivity index (χ1) is 2.77. The standard InChI is InChI=1S/C2H4O3S.K/c1-6-5-2(3)4;/h1H3,(H,3,4);/q;+1/p-1. The van der Waals surface area contributed by atoms with Crippen molar-refractivity contribution >= 4 is 18.2 Å². The molecule has 0 radical (unpaired) electrons. The molecule has 0 heterocycles. The predicted octanol–water partition coefficient (Wildman–Crippen LogP) is -3.37. The molecular weight excluding hydrogens is 143 g/mol. The van der Waals surface area contributed by atoms with E-state index >= 15 is 0 Å². The fourth-order valence-corrected chi connectivity index (χ4v) is 0.204. The number of hydrogen-bond donors (Lipinski definition) is 0. The van der Waals surface area contributed by atoms with Gasteiger partial charge in [-0.3, -0.25) is 0 Å². The van der Waals surface area contributed by atoms with Crippen LogP contribution in [0.15, 0.2) is 0 Å². The van der Waals surface area contributed by atoms with Crippen LogP contribution in [0.25, 0.3) is 0 Å². The second-order valence-electron chi connectivity index (χ2n) is 0.500. The monoisotopic (exact) mass is 146 g/mol. The molecular formula is C2H3KO3S. The molecule has 0 aromatic carbocycles. The maximum absolute atomic E-state index is 9.25. The number of carbonyl (C=O) groups is 1. The summed E-state index contributed by atoms with van der Waals surface area (Å²) in [6.07, 6.45) is -0.00185. The van der Waals surface area contributed by atoms with Crippen molar-refractivity contribution in [1.82, 2.24) is 0 Å². The third-order valence-corrected chi connectivity index (χ3v) is 0.454. The van der Waals surface area contributed by atoms with Crippen LogP contribution in [0, 0.1) is 0 Å². The number of rotatable bonds is 1. The molecule has 0 aliphatic carbocycles. The molecule has 0 unspecified atom stereocenters. The molecule has 0 fully saturated rings. The van der Waals surface area contributed by atoms with Gasteiger partial charge in [-0.15, -0.1) is 0 Å². The first-order valence-electron chi connectivity index (χ1n) is 1.19. The largest absolute Gasteiger partial charge is 1.00 e. The van der Waals surface area contributed by atoms with Crippen molar-refractivity contribution in [2.24, 2.45) is 0 Å². The van der Waals surface area contributed by atoms with Crippen LogP contribution < -0.4 is 56.5 Å². The Morgan fingerprint density at radius 1 is 1.86 bits per heavy atom. The van der Waals surface area contributed by atoms with E-state index in [0.29, 0.717) is 0 Å². The van der Waals surface area contributed by atoms with Gasteiger partial charge in [-0.05, 0) is 12.0 Å². The summed E-state index contributed by atoms with van der Waals surface area (Å²) in [6, 6.07) is 0. The van der Waals surface area contributed by atoms with Crippen molar-refractivity contribution < 1.29 is 65.5 Å². The Morgan fingerprint density at radius 2 is 2.29 bits per heavy atom. The molecule has 0 atom stereocenters. The van der Waals surface area contributed by atoms with Gasteiger partial charge in [0.05, 0.1) is 0 Å². The zero-order chi connectivity index (χ0) is 4.99. The van der Waals surface area contributed by atoms with Gasteiger partial charge in [0.2, 0.25) is 0 Å². The number of hydrogen-bond acceptors (Lipinski definition) is 4. The van der Waals surface area contributed by atoms with Crippen molar-refractivity contribution in [1.29, 1.82) is 0 Å².